The fraction of sp³-hybridized carbons (Fsp3) is 0.0800. The van der Waals surface area contributed by atoms with Crippen LogP contribution in [0.15, 0.2) is 89.1 Å². The number of benzene rings is 3. The standard InChI is InChI=1S/C25H22N4O2S3/c1-31-20-11-7-17(8-12-20)22-15-34-25(28-22)29-23(30)16-33-21-13-9-19(10-14-21)27-24(32)26-18-5-3-2-4-6-18/h2-15H,16H2,1H3,(H2,26,27,32)(H,28,29,30). The SMILES string of the molecule is COc1ccc(-c2csc(NC(=O)CSc3ccc(NC(=S)Nc4ccccc4)cc3)n2)cc1. The molecule has 0 saturated carbocycles. The number of carbonyl (C=O) groups excluding carboxylic acids is 1. The summed E-state index contributed by atoms with van der Waals surface area (Å²) in [6.45, 7) is 0. The van der Waals surface area contributed by atoms with Crippen molar-refractivity contribution in [1.29, 1.82) is 0 Å². The van der Waals surface area contributed by atoms with Gasteiger partial charge in [0.05, 0.1) is 18.6 Å². The third-order valence-electron chi connectivity index (χ3n) is 4.65. The second kappa shape index (κ2) is 11.6. The minimum absolute atomic E-state index is 0.101. The number of hydrogen-bond donors (Lipinski definition) is 3. The molecule has 9 heteroatoms. The molecular formula is C25H22N4O2S3. The molecule has 4 rings (SSSR count). The van der Waals surface area contributed by atoms with Gasteiger partial charge in [-0.25, -0.2) is 4.98 Å². The van der Waals surface area contributed by atoms with Crippen molar-refractivity contribution in [2.45, 2.75) is 4.90 Å². The Kier molecular flexibility index (Phi) is 8.13. The molecule has 0 saturated heterocycles. The van der Waals surface area contributed by atoms with E-state index in [1.54, 1.807) is 7.11 Å². The number of carbonyl (C=O) groups is 1. The van der Waals surface area contributed by atoms with Crippen molar-refractivity contribution in [3.8, 4) is 17.0 Å². The zero-order valence-electron chi connectivity index (χ0n) is 18.3. The quantitative estimate of drug-likeness (QED) is 0.190. The topological polar surface area (TPSA) is 75.3 Å². The van der Waals surface area contributed by atoms with Gasteiger partial charge in [0.1, 0.15) is 5.75 Å². The van der Waals surface area contributed by atoms with Gasteiger partial charge in [-0.3, -0.25) is 4.79 Å². The molecule has 0 bridgehead atoms. The number of thioether (sulfide) groups is 1. The lowest BCUT2D eigenvalue weighted by Gasteiger charge is -2.11. The van der Waals surface area contributed by atoms with E-state index in [1.807, 2.05) is 84.2 Å². The third kappa shape index (κ3) is 6.80. The summed E-state index contributed by atoms with van der Waals surface area (Å²) in [5.41, 5.74) is 3.59. The molecule has 4 aromatic rings. The van der Waals surface area contributed by atoms with Gasteiger partial charge >= 0.3 is 0 Å². The zero-order chi connectivity index (χ0) is 23.8. The average Bonchev–Trinajstić information content (AvgIpc) is 3.32. The normalized spacial score (nSPS) is 10.4. The van der Waals surface area contributed by atoms with Crippen molar-refractivity contribution in [2.24, 2.45) is 0 Å². The Morgan fingerprint density at radius 2 is 1.62 bits per heavy atom. The smallest absolute Gasteiger partial charge is 0.236 e. The van der Waals surface area contributed by atoms with Gasteiger partial charge in [-0.1, -0.05) is 18.2 Å². The predicted octanol–water partition coefficient (Wildman–Crippen LogP) is 6.36. The minimum atomic E-state index is -0.101. The summed E-state index contributed by atoms with van der Waals surface area (Å²) < 4.78 is 5.18. The Hall–Kier alpha value is -3.40. The molecule has 0 unspecified atom stereocenters. The molecule has 1 amide bonds. The molecule has 0 aliphatic rings. The number of nitrogens with one attached hydrogen (secondary N) is 3. The number of hydrogen-bond acceptors (Lipinski definition) is 6. The van der Waals surface area contributed by atoms with Crippen LogP contribution in [0.2, 0.25) is 0 Å². The number of aromatic nitrogens is 1. The number of thiocarbonyl (C=S) groups is 1. The van der Waals surface area contributed by atoms with Crippen LogP contribution in [0, 0.1) is 0 Å². The van der Waals surface area contributed by atoms with E-state index in [2.05, 4.69) is 20.9 Å². The second-order valence-corrected chi connectivity index (χ2v) is 9.39. The zero-order valence-corrected chi connectivity index (χ0v) is 20.7. The van der Waals surface area contributed by atoms with Crippen LogP contribution in [0.1, 0.15) is 0 Å². The highest BCUT2D eigenvalue weighted by Gasteiger charge is 2.09. The van der Waals surface area contributed by atoms with Crippen molar-refractivity contribution in [3.63, 3.8) is 0 Å². The number of ether oxygens (including phenoxy) is 1. The number of thiazole rings is 1. The summed E-state index contributed by atoms with van der Waals surface area (Å²) >= 11 is 8.21. The van der Waals surface area contributed by atoms with Gasteiger partial charge in [0.2, 0.25) is 5.91 Å². The molecule has 0 fully saturated rings. The van der Waals surface area contributed by atoms with Gasteiger partial charge < -0.3 is 20.7 Å². The molecule has 0 radical (unpaired) electrons. The van der Waals surface area contributed by atoms with Crippen LogP contribution in [-0.4, -0.2) is 28.9 Å². The van der Waals surface area contributed by atoms with Gasteiger partial charge in [-0.2, -0.15) is 0 Å². The monoisotopic (exact) mass is 506 g/mol. The highest BCUT2D eigenvalue weighted by molar-refractivity contribution is 8.00. The number of methoxy groups -OCH3 is 1. The predicted molar refractivity (Wildman–Crippen MR) is 146 cm³/mol. The van der Waals surface area contributed by atoms with E-state index in [4.69, 9.17) is 17.0 Å². The highest BCUT2D eigenvalue weighted by Crippen LogP contribution is 2.27. The summed E-state index contributed by atoms with van der Waals surface area (Å²) in [7, 11) is 1.63. The Balaban J connectivity index is 1.24. The molecule has 1 aromatic heterocycles. The molecular weight excluding hydrogens is 485 g/mol. The molecule has 34 heavy (non-hydrogen) atoms. The van der Waals surface area contributed by atoms with Crippen LogP contribution >= 0.6 is 35.3 Å². The van der Waals surface area contributed by atoms with E-state index < -0.39 is 0 Å². The maximum Gasteiger partial charge on any atom is 0.236 e. The Labute approximate surface area is 211 Å². The Morgan fingerprint density at radius 1 is 0.941 bits per heavy atom. The number of nitrogens with zero attached hydrogens (tertiary/aromatic N) is 1. The van der Waals surface area contributed by atoms with Crippen molar-refractivity contribution >= 4 is 62.8 Å². The van der Waals surface area contributed by atoms with Crippen LogP contribution in [0.4, 0.5) is 16.5 Å². The van der Waals surface area contributed by atoms with E-state index >= 15 is 0 Å². The number of anilines is 3. The molecule has 0 aliphatic carbocycles. The molecule has 172 valence electrons. The molecule has 0 atom stereocenters. The number of amides is 1. The maximum atomic E-state index is 12.4. The third-order valence-corrected chi connectivity index (χ3v) is 6.62. The summed E-state index contributed by atoms with van der Waals surface area (Å²) in [5.74, 6) is 0.981. The summed E-state index contributed by atoms with van der Waals surface area (Å²) in [6, 6.07) is 25.2. The molecule has 3 aromatic carbocycles. The molecule has 0 spiro atoms. The first kappa shape index (κ1) is 23.7. The molecule has 0 aliphatic heterocycles. The number of para-hydroxylation sites is 1. The first-order valence-corrected chi connectivity index (χ1v) is 12.6. The van der Waals surface area contributed by atoms with Crippen LogP contribution < -0.4 is 20.7 Å². The van der Waals surface area contributed by atoms with Crippen molar-refractivity contribution < 1.29 is 9.53 Å². The summed E-state index contributed by atoms with van der Waals surface area (Å²) in [5, 5.41) is 12.2. The summed E-state index contributed by atoms with van der Waals surface area (Å²) in [4.78, 5) is 17.9. The van der Waals surface area contributed by atoms with Crippen LogP contribution in [0.25, 0.3) is 11.3 Å². The largest absolute Gasteiger partial charge is 0.497 e. The Bertz CT molecular complexity index is 1240. The number of rotatable bonds is 8. The van der Waals surface area contributed by atoms with E-state index in [1.165, 1.54) is 23.1 Å². The maximum absolute atomic E-state index is 12.4. The van der Waals surface area contributed by atoms with Gasteiger partial charge in [0.15, 0.2) is 10.2 Å². The lowest BCUT2D eigenvalue weighted by Crippen LogP contribution is -2.18. The van der Waals surface area contributed by atoms with Crippen molar-refractivity contribution in [3.05, 3.63) is 84.2 Å². The van der Waals surface area contributed by atoms with Crippen LogP contribution in [0.3, 0.4) is 0 Å². The second-order valence-electron chi connectivity index (χ2n) is 7.07. The first-order valence-electron chi connectivity index (χ1n) is 10.3. The van der Waals surface area contributed by atoms with Crippen molar-refractivity contribution in [1.82, 2.24) is 4.98 Å². The van der Waals surface area contributed by atoms with E-state index in [9.17, 15) is 4.79 Å². The van der Waals surface area contributed by atoms with Crippen LogP contribution in [-0.2, 0) is 4.79 Å². The average molecular weight is 507 g/mol. The minimum Gasteiger partial charge on any atom is -0.497 e. The first-order chi connectivity index (χ1) is 16.6. The fourth-order valence-corrected chi connectivity index (χ4v) is 4.65. The molecule has 1 heterocycles. The van der Waals surface area contributed by atoms with E-state index in [0.717, 1.165) is 33.3 Å². The van der Waals surface area contributed by atoms with E-state index in [-0.39, 0.29) is 11.7 Å². The van der Waals surface area contributed by atoms with Gasteiger partial charge in [0.25, 0.3) is 0 Å². The van der Waals surface area contributed by atoms with Crippen LogP contribution in [0.5, 0.6) is 5.75 Å². The fourth-order valence-electron chi connectivity index (χ4n) is 2.98. The lowest BCUT2D eigenvalue weighted by molar-refractivity contribution is -0.113. The molecule has 3 N–H and O–H groups in total. The molecule has 6 nitrogen and oxygen atoms in total. The van der Waals surface area contributed by atoms with Gasteiger partial charge in [-0.05, 0) is 72.9 Å². The summed E-state index contributed by atoms with van der Waals surface area (Å²) in [6.07, 6.45) is 0. The van der Waals surface area contributed by atoms with Gasteiger partial charge in [-0.15, -0.1) is 23.1 Å². The van der Waals surface area contributed by atoms with Crippen molar-refractivity contribution in [2.75, 3.05) is 28.8 Å². The van der Waals surface area contributed by atoms with E-state index in [0.29, 0.717) is 10.2 Å². The highest BCUT2D eigenvalue weighted by atomic mass is 32.2. The lowest BCUT2D eigenvalue weighted by atomic mass is 10.2. The Morgan fingerprint density at radius 3 is 2.29 bits per heavy atom. The van der Waals surface area contributed by atoms with Gasteiger partial charge in [0, 0.05) is 27.2 Å².